The lowest BCUT2D eigenvalue weighted by Gasteiger charge is -2.30. The Morgan fingerprint density at radius 1 is 0.444 bits per heavy atom. The number of hydrogen-bond donors (Lipinski definition) is 5. The van der Waals surface area contributed by atoms with Gasteiger partial charge in [0.2, 0.25) is 0 Å². The van der Waals surface area contributed by atoms with Gasteiger partial charge in [-0.05, 0) is 117 Å². The van der Waals surface area contributed by atoms with Gasteiger partial charge in [0.25, 0.3) is 0 Å². The van der Waals surface area contributed by atoms with Crippen LogP contribution in [0.4, 0.5) is 48.4 Å². The van der Waals surface area contributed by atoms with E-state index in [-0.39, 0.29) is 0 Å². The molecule has 8 aromatic carbocycles. The molecule has 1 saturated heterocycles. The Morgan fingerprint density at radius 2 is 0.989 bits per heavy atom. The topological polar surface area (TPSA) is 150 Å². The molecule has 19 heteroatoms. The Labute approximate surface area is 549 Å². The summed E-state index contributed by atoms with van der Waals surface area (Å²) in [5.74, 6) is 0. The van der Waals surface area contributed by atoms with Gasteiger partial charge in [-0.1, -0.05) is 144 Å². The minimum atomic E-state index is 0.770. The number of rotatable bonds is 13. The van der Waals surface area contributed by atoms with Crippen LogP contribution in [-0.2, 0) is 17.8 Å². The molecular formula is C71H67ClN12OS5. The van der Waals surface area contributed by atoms with Crippen LogP contribution < -0.4 is 31.5 Å². The Kier molecular flexibility index (Phi) is 21.7. The number of aromatic nitrogens is 6. The van der Waals surface area contributed by atoms with E-state index in [1.165, 1.54) is 43.2 Å². The average molecular weight is 1300 g/mol. The van der Waals surface area contributed by atoms with E-state index < -0.39 is 0 Å². The third kappa shape index (κ3) is 17.5. The second-order valence-corrected chi connectivity index (χ2v) is 25.9. The van der Waals surface area contributed by atoms with Crippen molar-refractivity contribution in [2.75, 3.05) is 57.8 Å². The fourth-order valence-electron chi connectivity index (χ4n) is 9.68. The summed E-state index contributed by atoms with van der Waals surface area (Å²) in [4.78, 5) is 28.9. The summed E-state index contributed by atoms with van der Waals surface area (Å²) in [5, 5.41) is 36.3. The number of fused-ring (bicyclic) bond motifs is 4. The maximum Gasteiger partial charge on any atom is 0.188 e. The standard InChI is InChI=1S/C18H14N2S.C14H11ClN2S.C14H17N3OS.C14H13N3S.C11H12N2S/c1-12-9-10-16-17(11-12)21-18(20-16)19-15-8-4-6-13-5-2-3-7-14(13)15;1-9-8-18-14(16-9)17-13-7-6-12(15)10-4-2-3-5-11(10)13;1-11-10-19-14(15-11)16-12-4-2-3-5-13(12)17-6-8-18-9-7-17;1-10-9-18-14(17-10)16-8-11-4-5-13-12(7-11)3-2-6-15-13;1-9-8-14-11(13-9)12-7-10-5-3-2-4-6-10/h2-11H,1H3,(H,19,20);2-8H,1H3,(H,16,17);2-5,10H,6-9H2,1H3,(H,15,16);2-7,9H,8H2,1H3,(H,16,17);2-6,8H,7H2,1H3,(H,12,13). The third-order valence-electron chi connectivity index (χ3n) is 14.1. The first kappa shape index (κ1) is 62.7. The molecule has 0 bridgehead atoms. The van der Waals surface area contributed by atoms with Gasteiger partial charge >= 0.3 is 0 Å². The number of hydrogen-bond acceptors (Lipinski definition) is 18. The molecule has 6 aromatic heterocycles. The van der Waals surface area contributed by atoms with Gasteiger partial charge in [0, 0.05) is 91.8 Å². The van der Waals surface area contributed by atoms with Gasteiger partial charge in [-0.15, -0.1) is 45.3 Å². The van der Waals surface area contributed by atoms with Crippen LogP contribution in [0, 0.1) is 34.6 Å². The predicted molar refractivity (Wildman–Crippen MR) is 387 cm³/mol. The minimum Gasteiger partial charge on any atom is -0.378 e. The molecule has 454 valence electrons. The Balaban J connectivity index is 0.000000116. The molecule has 0 spiro atoms. The van der Waals surface area contributed by atoms with Crippen LogP contribution in [0.25, 0.3) is 42.7 Å². The quantitative estimate of drug-likeness (QED) is 0.0746. The van der Waals surface area contributed by atoms with E-state index in [1.54, 1.807) is 56.7 Å². The molecule has 0 aliphatic carbocycles. The van der Waals surface area contributed by atoms with Crippen LogP contribution in [-0.4, -0.2) is 56.2 Å². The smallest absolute Gasteiger partial charge is 0.188 e. The van der Waals surface area contributed by atoms with Crippen molar-refractivity contribution in [3.05, 3.63) is 254 Å². The number of anilines is 9. The van der Waals surface area contributed by atoms with Crippen molar-refractivity contribution in [2.24, 2.45) is 0 Å². The number of halogens is 1. The Hall–Kier alpha value is -8.85. The minimum absolute atomic E-state index is 0.770. The van der Waals surface area contributed by atoms with Gasteiger partial charge in [-0.2, -0.15) is 0 Å². The summed E-state index contributed by atoms with van der Waals surface area (Å²) in [6, 6.07) is 62.1. The van der Waals surface area contributed by atoms with E-state index in [0.29, 0.717) is 0 Å². The highest BCUT2D eigenvalue weighted by molar-refractivity contribution is 7.22. The number of para-hydroxylation sites is 2. The van der Waals surface area contributed by atoms with Crippen LogP contribution >= 0.6 is 68.3 Å². The first-order valence-electron chi connectivity index (χ1n) is 29.3. The molecule has 1 fully saturated rings. The second kappa shape index (κ2) is 31.1. The highest BCUT2D eigenvalue weighted by atomic mass is 35.5. The van der Waals surface area contributed by atoms with Crippen molar-refractivity contribution in [3.63, 3.8) is 0 Å². The van der Waals surface area contributed by atoms with Crippen LogP contribution in [0.5, 0.6) is 0 Å². The second-order valence-electron chi connectivity index (χ2n) is 21.0. The van der Waals surface area contributed by atoms with Gasteiger partial charge in [-0.3, -0.25) is 4.98 Å². The maximum absolute atomic E-state index is 6.20. The lowest BCUT2D eigenvalue weighted by molar-refractivity contribution is 0.123. The van der Waals surface area contributed by atoms with E-state index >= 15 is 0 Å². The summed E-state index contributed by atoms with van der Waals surface area (Å²) in [7, 11) is 0. The molecule has 7 heterocycles. The number of thiazole rings is 5. The highest BCUT2D eigenvalue weighted by Crippen LogP contribution is 2.35. The Morgan fingerprint density at radius 3 is 1.68 bits per heavy atom. The largest absolute Gasteiger partial charge is 0.378 e. The molecule has 0 atom stereocenters. The number of morpholine rings is 1. The lowest BCUT2D eigenvalue weighted by atomic mass is 10.1. The van der Waals surface area contributed by atoms with E-state index in [1.807, 2.05) is 111 Å². The maximum atomic E-state index is 6.20. The van der Waals surface area contributed by atoms with Crippen molar-refractivity contribution in [2.45, 2.75) is 47.7 Å². The Bertz CT molecular complexity index is 4590. The summed E-state index contributed by atoms with van der Waals surface area (Å²) < 4.78 is 6.63. The zero-order valence-corrected chi connectivity index (χ0v) is 55.2. The van der Waals surface area contributed by atoms with Crippen molar-refractivity contribution in [3.8, 4) is 0 Å². The molecule has 1 aliphatic heterocycles. The zero-order chi connectivity index (χ0) is 62.0. The molecule has 90 heavy (non-hydrogen) atoms. The van der Waals surface area contributed by atoms with Gasteiger partial charge in [0.15, 0.2) is 25.7 Å². The van der Waals surface area contributed by atoms with Gasteiger partial charge in [-0.25, -0.2) is 24.9 Å². The molecule has 0 unspecified atom stereocenters. The summed E-state index contributed by atoms with van der Waals surface area (Å²) in [6.45, 7) is 15.2. The average Bonchev–Trinajstić information content (AvgIpc) is 2.13. The molecule has 5 N–H and O–H groups in total. The fourth-order valence-corrected chi connectivity index (χ4v) is 13.7. The van der Waals surface area contributed by atoms with Crippen molar-refractivity contribution < 1.29 is 4.74 Å². The summed E-state index contributed by atoms with van der Waals surface area (Å²) in [6.07, 6.45) is 1.82. The van der Waals surface area contributed by atoms with Crippen molar-refractivity contribution in [1.82, 2.24) is 29.9 Å². The van der Waals surface area contributed by atoms with E-state index in [9.17, 15) is 0 Å². The first-order chi connectivity index (χ1) is 44.0. The monoisotopic (exact) mass is 1300 g/mol. The van der Waals surface area contributed by atoms with Crippen LogP contribution in [0.1, 0.15) is 39.5 Å². The van der Waals surface area contributed by atoms with Gasteiger partial charge in [0.1, 0.15) is 0 Å². The van der Waals surface area contributed by atoms with Gasteiger partial charge < -0.3 is 36.2 Å². The summed E-state index contributed by atoms with van der Waals surface area (Å²) >= 11 is 14.4. The number of nitrogens with one attached hydrogen (secondary N) is 5. The van der Waals surface area contributed by atoms with Crippen LogP contribution in [0.15, 0.2) is 210 Å². The van der Waals surface area contributed by atoms with Gasteiger partial charge in [0.05, 0.1) is 63.1 Å². The summed E-state index contributed by atoms with van der Waals surface area (Å²) in [5.41, 5.74) is 14.5. The molecule has 14 aromatic rings. The SMILES string of the molecule is Cc1ccc2nc(Nc3cccc4ccccc34)sc2c1.Cc1csc(NCc2ccc3ncccc3c2)n1.Cc1csc(NCc2ccccc2)n1.Cc1csc(Nc2ccc(Cl)c3ccccc23)n1.Cc1csc(Nc2ccccc2N2CCOCC2)n1. The molecule has 0 radical (unpaired) electrons. The van der Waals surface area contributed by atoms with E-state index in [0.717, 1.165) is 132 Å². The molecule has 0 saturated carbocycles. The van der Waals surface area contributed by atoms with Crippen molar-refractivity contribution in [1.29, 1.82) is 0 Å². The number of ether oxygens (including phenoxy) is 1. The molecule has 0 amide bonds. The molecule has 1 aliphatic rings. The molecular weight excluding hydrogens is 1230 g/mol. The van der Waals surface area contributed by atoms with E-state index in [4.69, 9.17) is 16.3 Å². The predicted octanol–water partition coefficient (Wildman–Crippen LogP) is 20.2. The fraction of sp³-hybridized carbons (Fsp3) is 0.155. The van der Waals surface area contributed by atoms with Crippen LogP contribution in [0.2, 0.25) is 5.02 Å². The zero-order valence-electron chi connectivity index (χ0n) is 50.4. The first-order valence-corrected chi connectivity index (χ1v) is 34.0. The normalized spacial score (nSPS) is 11.7. The highest BCUT2D eigenvalue weighted by Gasteiger charge is 2.16. The van der Waals surface area contributed by atoms with Crippen LogP contribution in [0.3, 0.4) is 0 Å². The molecule has 15 rings (SSSR count). The van der Waals surface area contributed by atoms with Crippen molar-refractivity contribution >= 4 is 159 Å². The third-order valence-corrected chi connectivity index (χ3v) is 18.9. The number of aryl methyl sites for hydroxylation is 5. The lowest BCUT2D eigenvalue weighted by Crippen LogP contribution is -2.36. The van der Waals surface area contributed by atoms with E-state index in [2.05, 4.69) is 195 Å². The molecule has 13 nitrogen and oxygen atoms in total. The number of pyridine rings is 1. The number of benzene rings is 8. The number of nitrogens with zero attached hydrogens (tertiary/aromatic N) is 7.